The number of benzene rings is 1. The van der Waals surface area contributed by atoms with Crippen LogP contribution in [0.4, 0.5) is 8.78 Å². The fourth-order valence-electron chi connectivity index (χ4n) is 1.50. The van der Waals surface area contributed by atoms with Crippen LogP contribution in [0.3, 0.4) is 0 Å². The van der Waals surface area contributed by atoms with Gasteiger partial charge in [0, 0.05) is 0 Å². The van der Waals surface area contributed by atoms with Crippen LogP contribution in [0.1, 0.15) is 28.4 Å². The summed E-state index contributed by atoms with van der Waals surface area (Å²) in [6.45, 7) is -1.27. The number of aryl methyl sites for hydroxylation is 1. The highest BCUT2D eigenvalue weighted by Crippen LogP contribution is 2.26. The lowest BCUT2D eigenvalue weighted by Gasteiger charge is -2.11. The lowest BCUT2D eigenvalue weighted by atomic mass is 10.0. The van der Waals surface area contributed by atoms with E-state index in [-0.39, 0.29) is 16.9 Å². The van der Waals surface area contributed by atoms with Crippen LogP contribution >= 0.6 is 0 Å². The SMILES string of the molecule is CCc1cc(OC(F)F)c(C#N)cc1C(=O)OC. The molecule has 0 amide bonds. The first-order valence-electron chi connectivity index (χ1n) is 5.13. The van der Waals surface area contributed by atoms with Crippen molar-refractivity contribution in [3.05, 3.63) is 28.8 Å². The van der Waals surface area contributed by atoms with Crippen molar-refractivity contribution in [1.29, 1.82) is 5.26 Å². The van der Waals surface area contributed by atoms with Gasteiger partial charge in [-0.25, -0.2) is 4.79 Å². The summed E-state index contributed by atoms with van der Waals surface area (Å²) in [6, 6.07) is 4.16. The van der Waals surface area contributed by atoms with Crippen LogP contribution in [0.5, 0.6) is 5.75 Å². The molecule has 0 spiro atoms. The standard InChI is InChI=1S/C12H11F2NO3/c1-3-7-5-10(18-12(13)14)8(6-15)4-9(7)11(16)17-2/h4-5,12H,3H2,1-2H3. The quantitative estimate of drug-likeness (QED) is 0.775. The summed E-state index contributed by atoms with van der Waals surface area (Å²) in [5.74, 6) is -0.857. The van der Waals surface area contributed by atoms with E-state index < -0.39 is 12.6 Å². The molecule has 0 aliphatic rings. The van der Waals surface area contributed by atoms with E-state index in [0.717, 1.165) is 0 Å². The molecule has 4 nitrogen and oxygen atoms in total. The zero-order chi connectivity index (χ0) is 13.7. The molecule has 0 N–H and O–H groups in total. The Morgan fingerprint density at radius 1 is 1.50 bits per heavy atom. The van der Waals surface area contributed by atoms with Gasteiger partial charge >= 0.3 is 12.6 Å². The third-order valence-electron chi connectivity index (χ3n) is 2.33. The Labute approximate surface area is 103 Å². The second-order valence-corrected chi connectivity index (χ2v) is 3.34. The van der Waals surface area contributed by atoms with Crippen molar-refractivity contribution >= 4 is 5.97 Å². The predicted octanol–water partition coefficient (Wildman–Crippen LogP) is 2.51. The Kier molecular flexibility index (Phi) is 4.60. The molecular weight excluding hydrogens is 244 g/mol. The number of nitriles is 1. The maximum absolute atomic E-state index is 12.2. The second-order valence-electron chi connectivity index (χ2n) is 3.34. The lowest BCUT2D eigenvalue weighted by Crippen LogP contribution is -2.09. The number of rotatable bonds is 4. The third kappa shape index (κ3) is 2.94. The third-order valence-corrected chi connectivity index (χ3v) is 2.33. The van der Waals surface area contributed by atoms with Crippen molar-refractivity contribution in [2.75, 3.05) is 7.11 Å². The Morgan fingerprint density at radius 2 is 2.17 bits per heavy atom. The average Bonchev–Trinajstić information content (AvgIpc) is 2.36. The van der Waals surface area contributed by atoms with E-state index in [4.69, 9.17) is 5.26 Å². The molecule has 0 aliphatic carbocycles. The van der Waals surface area contributed by atoms with Gasteiger partial charge < -0.3 is 9.47 Å². The maximum atomic E-state index is 12.2. The minimum absolute atomic E-state index is 0.132. The summed E-state index contributed by atoms with van der Waals surface area (Å²) in [7, 11) is 1.21. The first-order valence-corrected chi connectivity index (χ1v) is 5.13. The van der Waals surface area contributed by atoms with E-state index in [9.17, 15) is 13.6 Å². The molecule has 1 aromatic carbocycles. The molecule has 18 heavy (non-hydrogen) atoms. The summed E-state index contributed by atoms with van der Waals surface area (Å²) in [6.07, 6.45) is 0.426. The fourth-order valence-corrected chi connectivity index (χ4v) is 1.50. The van der Waals surface area contributed by atoms with E-state index in [1.165, 1.54) is 19.2 Å². The number of hydrogen-bond donors (Lipinski definition) is 0. The number of halogens is 2. The monoisotopic (exact) mass is 255 g/mol. The fraction of sp³-hybridized carbons (Fsp3) is 0.333. The Hall–Kier alpha value is -2.16. The average molecular weight is 255 g/mol. The number of alkyl halides is 2. The zero-order valence-electron chi connectivity index (χ0n) is 9.87. The van der Waals surface area contributed by atoms with Crippen LogP contribution < -0.4 is 4.74 Å². The van der Waals surface area contributed by atoms with Crippen LogP contribution in [0.2, 0.25) is 0 Å². The number of nitrogens with zero attached hydrogens (tertiary/aromatic N) is 1. The van der Waals surface area contributed by atoms with Gasteiger partial charge in [-0.3, -0.25) is 0 Å². The van der Waals surface area contributed by atoms with Crippen LogP contribution in [0.25, 0.3) is 0 Å². The number of carbonyl (C=O) groups is 1. The van der Waals surface area contributed by atoms with E-state index in [2.05, 4.69) is 9.47 Å². The van der Waals surface area contributed by atoms with Crippen molar-refractivity contribution < 1.29 is 23.0 Å². The second kappa shape index (κ2) is 5.96. The van der Waals surface area contributed by atoms with Crippen LogP contribution in [0.15, 0.2) is 12.1 Å². The number of methoxy groups -OCH3 is 1. The molecule has 0 fully saturated rings. The van der Waals surface area contributed by atoms with E-state index in [1.807, 2.05) is 0 Å². The van der Waals surface area contributed by atoms with Gasteiger partial charge in [-0.05, 0) is 24.1 Å². The molecule has 0 saturated heterocycles. The van der Waals surface area contributed by atoms with Gasteiger partial charge in [-0.15, -0.1) is 0 Å². The first-order chi connectivity index (χ1) is 8.53. The number of esters is 1. The topological polar surface area (TPSA) is 59.3 Å². The van der Waals surface area contributed by atoms with E-state index >= 15 is 0 Å². The molecular formula is C12H11F2NO3. The zero-order valence-corrected chi connectivity index (χ0v) is 9.87. The van der Waals surface area contributed by atoms with Gasteiger partial charge in [0.2, 0.25) is 0 Å². The smallest absolute Gasteiger partial charge is 0.387 e. The summed E-state index contributed by atoms with van der Waals surface area (Å²) in [5, 5.41) is 8.85. The van der Waals surface area contributed by atoms with Gasteiger partial charge in [0.05, 0.1) is 18.2 Å². The molecule has 6 heteroatoms. The van der Waals surface area contributed by atoms with Gasteiger partial charge in [-0.1, -0.05) is 6.92 Å². The number of hydrogen-bond acceptors (Lipinski definition) is 4. The van der Waals surface area contributed by atoms with Crippen molar-refractivity contribution in [2.24, 2.45) is 0 Å². The molecule has 0 atom stereocenters. The highest BCUT2D eigenvalue weighted by molar-refractivity contribution is 5.92. The minimum atomic E-state index is -3.02. The summed E-state index contributed by atoms with van der Waals surface area (Å²) in [5.41, 5.74) is 0.530. The van der Waals surface area contributed by atoms with Crippen LogP contribution in [0, 0.1) is 11.3 Å². The van der Waals surface area contributed by atoms with E-state index in [0.29, 0.717) is 12.0 Å². The maximum Gasteiger partial charge on any atom is 0.387 e. The van der Waals surface area contributed by atoms with Crippen LogP contribution in [-0.4, -0.2) is 19.7 Å². The van der Waals surface area contributed by atoms with Crippen LogP contribution in [-0.2, 0) is 11.2 Å². The first kappa shape index (κ1) is 13.9. The molecule has 0 heterocycles. The normalized spacial score (nSPS) is 10.0. The Bertz CT molecular complexity index is 495. The molecule has 0 aromatic heterocycles. The minimum Gasteiger partial charge on any atom is -0.465 e. The van der Waals surface area contributed by atoms with Crippen molar-refractivity contribution in [1.82, 2.24) is 0 Å². The van der Waals surface area contributed by atoms with Gasteiger partial charge in [0.15, 0.2) is 0 Å². The highest BCUT2D eigenvalue weighted by atomic mass is 19.3. The van der Waals surface area contributed by atoms with Crippen molar-refractivity contribution in [3.8, 4) is 11.8 Å². The van der Waals surface area contributed by atoms with Gasteiger partial charge in [0.25, 0.3) is 0 Å². The van der Waals surface area contributed by atoms with Crippen molar-refractivity contribution in [2.45, 2.75) is 20.0 Å². The van der Waals surface area contributed by atoms with E-state index in [1.54, 1.807) is 13.0 Å². The molecule has 0 unspecified atom stereocenters. The lowest BCUT2D eigenvalue weighted by molar-refractivity contribution is -0.0500. The molecule has 0 bridgehead atoms. The molecule has 0 radical (unpaired) electrons. The highest BCUT2D eigenvalue weighted by Gasteiger charge is 2.17. The summed E-state index contributed by atoms with van der Waals surface area (Å²) >= 11 is 0. The largest absolute Gasteiger partial charge is 0.465 e. The number of ether oxygens (including phenoxy) is 2. The summed E-state index contributed by atoms with van der Waals surface area (Å²) in [4.78, 5) is 11.5. The Balaban J connectivity index is 3.33. The Morgan fingerprint density at radius 3 is 2.61 bits per heavy atom. The molecule has 1 aromatic rings. The molecule has 0 saturated carbocycles. The molecule has 1 rings (SSSR count). The number of carbonyl (C=O) groups excluding carboxylic acids is 1. The van der Waals surface area contributed by atoms with Gasteiger partial charge in [-0.2, -0.15) is 14.0 Å². The van der Waals surface area contributed by atoms with Crippen molar-refractivity contribution in [3.63, 3.8) is 0 Å². The van der Waals surface area contributed by atoms with Gasteiger partial charge in [0.1, 0.15) is 11.8 Å². The molecule has 0 aliphatic heterocycles. The summed E-state index contributed by atoms with van der Waals surface area (Å²) < 4.78 is 33.2. The molecule has 96 valence electrons. The predicted molar refractivity (Wildman–Crippen MR) is 58.5 cm³/mol.